The van der Waals surface area contributed by atoms with E-state index in [0.717, 1.165) is 18.5 Å². The zero-order chi connectivity index (χ0) is 21.3. The third-order valence-corrected chi connectivity index (χ3v) is 6.27. The number of thioether (sulfide) groups is 1. The molecule has 0 amide bonds. The number of halogens is 1. The molecule has 0 aliphatic carbocycles. The molecule has 1 aliphatic heterocycles. The zero-order valence-corrected chi connectivity index (χ0v) is 17.7. The summed E-state index contributed by atoms with van der Waals surface area (Å²) in [4.78, 5) is 25.0. The van der Waals surface area contributed by atoms with Gasteiger partial charge in [0.2, 0.25) is 0 Å². The topological polar surface area (TPSA) is 81.9 Å². The number of hydrogen-bond acceptors (Lipinski definition) is 5. The van der Waals surface area contributed by atoms with Crippen molar-refractivity contribution >= 4 is 17.5 Å². The van der Waals surface area contributed by atoms with Crippen LogP contribution in [0.5, 0.6) is 0 Å². The van der Waals surface area contributed by atoms with Crippen LogP contribution in [0.1, 0.15) is 34.6 Å². The van der Waals surface area contributed by atoms with Crippen LogP contribution in [0.15, 0.2) is 40.3 Å². The summed E-state index contributed by atoms with van der Waals surface area (Å²) in [5.74, 6) is -0.325. The van der Waals surface area contributed by atoms with Gasteiger partial charge < -0.3 is 9.30 Å². The first kappa shape index (κ1) is 20.6. The molecule has 1 fully saturated rings. The summed E-state index contributed by atoms with van der Waals surface area (Å²) in [5, 5.41) is 6.97. The van der Waals surface area contributed by atoms with Crippen molar-refractivity contribution in [2.24, 2.45) is 0 Å². The Balaban J connectivity index is 1.51. The Morgan fingerprint density at radius 2 is 2.17 bits per heavy atom. The molecule has 1 saturated heterocycles. The lowest BCUT2D eigenvalue weighted by molar-refractivity contribution is 0.0941. The Bertz CT molecular complexity index is 1130. The second kappa shape index (κ2) is 8.61. The molecule has 4 rings (SSSR count). The molecular formula is C21H23FN4O3S. The molecule has 158 valence electrons. The number of aromatic nitrogens is 4. The molecule has 1 aliphatic rings. The van der Waals surface area contributed by atoms with Gasteiger partial charge in [0.1, 0.15) is 5.82 Å². The van der Waals surface area contributed by atoms with Gasteiger partial charge in [-0.25, -0.2) is 14.3 Å². The minimum Gasteiger partial charge on any atom is -0.376 e. The van der Waals surface area contributed by atoms with Crippen molar-refractivity contribution < 1.29 is 13.9 Å². The maximum atomic E-state index is 14.3. The van der Waals surface area contributed by atoms with E-state index in [-0.39, 0.29) is 29.1 Å². The number of ketones is 1. The average molecular weight is 431 g/mol. The van der Waals surface area contributed by atoms with Crippen molar-refractivity contribution in [1.82, 2.24) is 19.3 Å². The standard InChI is InChI=1S/C21H23FN4O3S/c1-13-10-16(14(2)26(13)18-8-4-3-7-17(18)22)19(27)12-30-21-24-23-20(28)25(21)11-15-6-5-9-29-15/h3-4,7-8,10,15H,5-6,9,11-12H2,1-2H3,(H,23,28)/t15-/m1/s1. The fraction of sp³-hybridized carbons (Fsp3) is 0.381. The molecule has 0 radical (unpaired) electrons. The number of benzene rings is 1. The van der Waals surface area contributed by atoms with E-state index in [2.05, 4.69) is 10.2 Å². The number of rotatable bonds is 7. The first-order valence-electron chi connectivity index (χ1n) is 9.82. The number of H-pyrrole nitrogens is 1. The summed E-state index contributed by atoms with van der Waals surface area (Å²) in [6, 6.07) is 8.26. The monoisotopic (exact) mass is 430 g/mol. The molecule has 0 unspecified atom stereocenters. The lowest BCUT2D eigenvalue weighted by Gasteiger charge is -2.11. The van der Waals surface area contributed by atoms with Crippen molar-refractivity contribution in [3.05, 3.63) is 63.6 Å². The van der Waals surface area contributed by atoms with E-state index in [0.29, 0.717) is 35.3 Å². The van der Waals surface area contributed by atoms with E-state index in [1.54, 1.807) is 35.8 Å². The Morgan fingerprint density at radius 3 is 2.90 bits per heavy atom. The fourth-order valence-electron chi connectivity index (χ4n) is 3.82. The van der Waals surface area contributed by atoms with Crippen molar-refractivity contribution in [3.8, 4) is 5.69 Å². The van der Waals surface area contributed by atoms with Gasteiger partial charge >= 0.3 is 5.69 Å². The maximum absolute atomic E-state index is 14.3. The Kier molecular flexibility index (Phi) is 5.92. The van der Waals surface area contributed by atoms with Crippen LogP contribution in [0.2, 0.25) is 0 Å². The molecule has 0 saturated carbocycles. The Morgan fingerprint density at radius 1 is 1.37 bits per heavy atom. The van der Waals surface area contributed by atoms with Crippen LogP contribution in [-0.2, 0) is 11.3 Å². The lowest BCUT2D eigenvalue weighted by atomic mass is 10.2. The minimum absolute atomic E-state index is 0.00459. The quantitative estimate of drug-likeness (QED) is 0.460. The summed E-state index contributed by atoms with van der Waals surface area (Å²) in [7, 11) is 0. The molecule has 0 spiro atoms. The van der Waals surface area contributed by atoms with Gasteiger partial charge in [0.15, 0.2) is 10.9 Å². The number of Topliss-reactive ketones (excluding diaryl/α,β-unsaturated/α-hetero) is 1. The second-order valence-corrected chi connectivity index (χ2v) is 8.28. The van der Waals surface area contributed by atoms with Crippen LogP contribution in [0, 0.1) is 19.7 Å². The molecule has 3 heterocycles. The van der Waals surface area contributed by atoms with Gasteiger partial charge in [-0.05, 0) is 44.9 Å². The number of carbonyl (C=O) groups is 1. The van der Waals surface area contributed by atoms with E-state index in [4.69, 9.17) is 4.74 Å². The van der Waals surface area contributed by atoms with Crippen molar-refractivity contribution in [2.75, 3.05) is 12.4 Å². The number of carbonyl (C=O) groups excluding carboxylic acids is 1. The van der Waals surface area contributed by atoms with Gasteiger partial charge in [-0.15, -0.1) is 5.10 Å². The van der Waals surface area contributed by atoms with Crippen LogP contribution in [0.3, 0.4) is 0 Å². The molecule has 1 aromatic carbocycles. The number of nitrogens with one attached hydrogen (secondary N) is 1. The van der Waals surface area contributed by atoms with Crippen LogP contribution >= 0.6 is 11.8 Å². The van der Waals surface area contributed by atoms with E-state index in [1.165, 1.54) is 22.4 Å². The van der Waals surface area contributed by atoms with Gasteiger partial charge in [-0.3, -0.25) is 9.36 Å². The molecular weight excluding hydrogens is 407 g/mol. The maximum Gasteiger partial charge on any atom is 0.344 e. The van der Waals surface area contributed by atoms with Gasteiger partial charge in [0.25, 0.3) is 0 Å². The first-order chi connectivity index (χ1) is 14.5. The van der Waals surface area contributed by atoms with E-state index in [9.17, 15) is 14.0 Å². The number of aromatic amines is 1. The van der Waals surface area contributed by atoms with Crippen molar-refractivity contribution in [3.63, 3.8) is 0 Å². The van der Waals surface area contributed by atoms with Gasteiger partial charge in [0, 0.05) is 23.6 Å². The molecule has 3 aromatic rings. The first-order valence-corrected chi connectivity index (χ1v) is 10.8. The van der Waals surface area contributed by atoms with Crippen LogP contribution < -0.4 is 5.69 Å². The highest BCUT2D eigenvalue weighted by Gasteiger charge is 2.22. The zero-order valence-electron chi connectivity index (χ0n) is 16.9. The fourth-order valence-corrected chi connectivity index (χ4v) is 4.66. The third-order valence-electron chi connectivity index (χ3n) is 5.29. The number of hydrogen-bond donors (Lipinski definition) is 1. The van der Waals surface area contributed by atoms with Gasteiger partial charge in [0.05, 0.1) is 24.1 Å². The summed E-state index contributed by atoms with van der Waals surface area (Å²) >= 11 is 1.21. The smallest absolute Gasteiger partial charge is 0.344 e. The number of para-hydroxylation sites is 1. The van der Waals surface area contributed by atoms with E-state index in [1.807, 2.05) is 6.92 Å². The molecule has 1 atom stereocenters. The SMILES string of the molecule is Cc1cc(C(=O)CSc2n[nH]c(=O)n2C[C@H]2CCCO2)c(C)n1-c1ccccc1F. The Hall–Kier alpha value is -2.65. The van der Waals surface area contributed by atoms with Gasteiger partial charge in [-0.2, -0.15) is 0 Å². The minimum atomic E-state index is -0.345. The van der Waals surface area contributed by atoms with Crippen LogP contribution in [0.4, 0.5) is 4.39 Å². The molecule has 1 N–H and O–H groups in total. The Labute approximate surface area is 177 Å². The number of nitrogens with zero attached hydrogens (tertiary/aromatic N) is 3. The van der Waals surface area contributed by atoms with Gasteiger partial charge in [-0.1, -0.05) is 23.9 Å². The molecule has 30 heavy (non-hydrogen) atoms. The summed E-state index contributed by atoms with van der Waals surface area (Å²) < 4.78 is 23.1. The average Bonchev–Trinajstić information content (AvgIpc) is 3.43. The predicted molar refractivity (Wildman–Crippen MR) is 112 cm³/mol. The normalized spacial score (nSPS) is 16.3. The summed E-state index contributed by atoms with van der Waals surface area (Å²) in [6.07, 6.45) is 1.88. The molecule has 7 nitrogen and oxygen atoms in total. The van der Waals surface area contributed by atoms with Crippen molar-refractivity contribution in [1.29, 1.82) is 0 Å². The number of ether oxygens (including phenoxy) is 1. The third kappa shape index (κ3) is 3.99. The predicted octanol–water partition coefficient (Wildman–Crippen LogP) is 3.27. The van der Waals surface area contributed by atoms with Crippen molar-refractivity contribution in [2.45, 2.75) is 44.5 Å². The largest absolute Gasteiger partial charge is 0.376 e. The van der Waals surface area contributed by atoms with Crippen LogP contribution in [0.25, 0.3) is 5.69 Å². The second-order valence-electron chi connectivity index (χ2n) is 7.34. The highest BCUT2D eigenvalue weighted by Crippen LogP contribution is 2.25. The molecule has 2 aromatic heterocycles. The summed E-state index contributed by atoms with van der Waals surface area (Å²) in [5.41, 5.74) is 2.10. The molecule has 0 bridgehead atoms. The summed E-state index contributed by atoms with van der Waals surface area (Å²) in [6.45, 7) is 4.78. The molecule has 9 heteroatoms. The highest BCUT2D eigenvalue weighted by atomic mass is 32.2. The lowest BCUT2D eigenvalue weighted by Crippen LogP contribution is -2.25. The number of aryl methyl sites for hydroxylation is 1. The van der Waals surface area contributed by atoms with E-state index < -0.39 is 0 Å². The van der Waals surface area contributed by atoms with E-state index >= 15 is 0 Å². The highest BCUT2D eigenvalue weighted by molar-refractivity contribution is 7.99. The van der Waals surface area contributed by atoms with Crippen LogP contribution in [-0.4, -0.2) is 43.6 Å².